The molecule has 0 fully saturated rings. The number of aliphatic hydroxyl groups excluding tert-OH is 2. The topological polar surface area (TPSA) is 78.3 Å². The van der Waals surface area contributed by atoms with Crippen molar-refractivity contribution in [1.29, 1.82) is 0 Å². The van der Waals surface area contributed by atoms with Gasteiger partial charge in [-0.05, 0) is 17.2 Å². The quantitative estimate of drug-likeness (QED) is 0.765. The maximum atomic E-state index is 10.1. The molecule has 98 valence electrons. The Bertz CT molecular complexity index is 588. The van der Waals surface area contributed by atoms with E-state index in [-0.39, 0.29) is 12.6 Å². The largest absolute Gasteiger partial charge is 0.390 e. The van der Waals surface area contributed by atoms with Crippen molar-refractivity contribution in [2.75, 3.05) is 5.32 Å². The molecule has 3 rings (SSSR count). The lowest BCUT2D eigenvalue weighted by Gasteiger charge is -2.17. The van der Waals surface area contributed by atoms with Crippen LogP contribution in [0.15, 0.2) is 36.5 Å². The minimum Gasteiger partial charge on any atom is -0.390 e. The van der Waals surface area contributed by atoms with E-state index in [0.717, 1.165) is 11.1 Å². The van der Waals surface area contributed by atoms with Gasteiger partial charge in [-0.15, -0.1) is 0 Å². The second-order valence-electron chi connectivity index (χ2n) is 4.62. The Hall–Kier alpha value is -1.98. The highest BCUT2D eigenvalue weighted by Crippen LogP contribution is 2.33. The highest BCUT2D eigenvalue weighted by atomic mass is 16.3. The molecule has 3 N–H and O–H groups in total. The van der Waals surface area contributed by atoms with Crippen LogP contribution >= 0.6 is 0 Å². The summed E-state index contributed by atoms with van der Waals surface area (Å²) in [5.74, 6) is 0.423. The zero-order valence-electron chi connectivity index (χ0n) is 10.3. The molecule has 2 atom stereocenters. The molecule has 0 aliphatic heterocycles. The first kappa shape index (κ1) is 12.1. The van der Waals surface area contributed by atoms with E-state index in [9.17, 15) is 5.11 Å². The molecule has 0 radical (unpaired) electrons. The summed E-state index contributed by atoms with van der Waals surface area (Å²) in [6.07, 6.45) is 1.74. The fourth-order valence-corrected chi connectivity index (χ4v) is 2.44. The maximum Gasteiger partial charge on any atom is 0.223 e. The van der Waals surface area contributed by atoms with Gasteiger partial charge in [0, 0.05) is 12.6 Å². The molecular formula is C14H15N3O2. The molecule has 0 saturated heterocycles. The third kappa shape index (κ3) is 2.30. The first-order valence-electron chi connectivity index (χ1n) is 6.23. The Labute approximate surface area is 111 Å². The summed E-state index contributed by atoms with van der Waals surface area (Å²) in [5.41, 5.74) is 2.78. The van der Waals surface area contributed by atoms with Gasteiger partial charge in [-0.25, -0.2) is 9.97 Å². The number of hydrogen-bond acceptors (Lipinski definition) is 5. The van der Waals surface area contributed by atoms with E-state index in [4.69, 9.17) is 5.11 Å². The fourth-order valence-electron chi connectivity index (χ4n) is 2.44. The van der Waals surface area contributed by atoms with E-state index in [1.807, 2.05) is 24.3 Å². The summed E-state index contributed by atoms with van der Waals surface area (Å²) in [5, 5.41) is 22.3. The number of nitrogens with one attached hydrogen (secondary N) is 1. The molecular weight excluding hydrogens is 242 g/mol. The van der Waals surface area contributed by atoms with Crippen molar-refractivity contribution in [2.45, 2.75) is 25.2 Å². The van der Waals surface area contributed by atoms with Crippen molar-refractivity contribution in [1.82, 2.24) is 9.97 Å². The van der Waals surface area contributed by atoms with Crippen molar-refractivity contribution in [3.63, 3.8) is 0 Å². The lowest BCUT2D eigenvalue weighted by Crippen LogP contribution is -2.22. The fraction of sp³-hybridized carbons (Fsp3) is 0.286. The average molecular weight is 257 g/mol. The van der Waals surface area contributed by atoms with Crippen LogP contribution < -0.4 is 5.32 Å². The number of nitrogens with zero attached hydrogens (tertiary/aromatic N) is 2. The highest BCUT2D eigenvalue weighted by molar-refractivity contribution is 5.42. The van der Waals surface area contributed by atoms with Gasteiger partial charge in [0.1, 0.15) is 0 Å². The van der Waals surface area contributed by atoms with Crippen molar-refractivity contribution < 1.29 is 10.2 Å². The van der Waals surface area contributed by atoms with Gasteiger partial charge < -0.3 is 15.5 Å². The summed E-state index contributed by atoms with van der Waals surface area (Å²) in [4.78, 5) is 8.29. The van der Waals surface area contributed by atoms with E-state index in [1.165, 1.54) is 0 Å². The number of rotatable bonds is 3. The van der Waals surface area contributed by atoms with Crippen LogP contribution in [0.3, 0.4) is 0 Å². The van der Waals surface area contributed by atoms with Crippen LogP contribution in [-0.4, -0.2) is 26.3 Å². The van der Waals surface area contributed by atoms with Crippen molar-refractivity contribution in [2.24, 2.45) is 0 Å². The van der Waals surface area contributed by atoms with Crippen LogP contribution in [0, 0.1) is 0 Å². The van der Waals surface area contributed by atoms with Gasteiger partial charge in [-0.1, -0.05) is 24.3 Å². The lowest BCUT2D eigenvalue weighted by atomic mass is 10.1. The molecule has 0 unspecified atom stereocenters. The minimum atomic E-state index is -0.487. The number of fused-ring (bicyclic) bond motifs is 1. The number of aliphatic hydroxyl groups is 2. The van der Waals surface area contributed by atoms with E-state index in [2.05, 4.69) is 15.3 Å². The van der Waals surface area contributed by atoms with Crippen LogP contribution in [0.5, 0.6) is 0 Å². The Morgan fingerprint density at radius 2 is 2.11 bits per heavy atom. The highest BCUT2D eigenvalue weighted by Gasteiger charge is 2.31. The van der Waals surface area contributed by atoms with Gasteiger partial charge in [0.05, 0.1) is 24.4 Å². The van der Waals surface area contributed by atoms with Crippen molar-refractivity contribution >= 4 is 5.95 Å². The number of aromatic nitrogens is 2. The SMILES string of the molecule is OCc1ccnc(N[C@H]2c3ccccc3C[C@@H]2O)n1. The Morgan fingerprint density at radius 3 is 2.95 bits per heavy atom. The van der Waals surface area contributed by atoms with Gasteiger partial charge in [0.2, 0.25) is 5.95 Å². The molecule has 1 aliphatic carbocycles. The van der Waals surface area contributed by atoms with Gasteiger partial charge in [-0.2, -0.15) is 0 Å². The molecule has 0 saturated carbocycles. The van der Waals surface area contributed by atoms with Gasteiger partial charge in [-0.3, -0.25) is 0 Å². The van der Waals surface area contributed by atoms with Crippen LogP contribution in [0.1, 0.15) is 22.9 Å². The van der Waals surface area contributed by atoms with Crippen LogP contribution in [-0.2, 0) is 13.0 Å². The van der Waals surface area contributed by atoms with Crippen molar-refractivity contribution in [3.8, 4) is 0 Å². The predicted molar refractivity (Wildman–Crippen MR) is 70.5 cm³/mol. The zero-order valence-corrected chi connectivity index (χ0v) is 10.3. The van der Waals surface area contributed by atoms with Crippen LogP contribution in [0.2, 0.25) is 0 Å². The smallest absolute Gasteiger partial charge is 0.223 e. The Kier molecular flexibility index (Phi) is 3.15. The normalized spacial score (nSPS) is 21.2. The van der Waals surface area contributed by atoms with Crippen LogP contribution in [0.4, 0.5) is 5.95 Å². The molecule has 1 aromatic carbocycles. The monoisotopic (exact) mass is 257 g/mol. The predicted octanol–water partition coefficient (Wildman–Crippen LogP) is 1.04. The molecule has 2 aromatic rings. The standard InChI is InChI=1S/C14H15N3O2/c18-8-10-5-6-15-14(16-10)17-13-11-4-2-1-3-9(11)7-12(13)19/h1-6,12-13,18-19H,7-8H2,(H,15,16,17)/t12-,13-/m0/s1. The number of anilines is 1. The van der Waals surface area contributed by atoms with Crippen LogP contribution in [0.25, 0.3) is 0 Å². The van der Waals surface area contributed by atoms with E-state index >= 15 is 0 Å². The van der Waals surface area contributed by atoms with E-state index < -0.39 is 6.10 Å². The third-order valence-corrected chi connectivity index (χ3v) is 3.36. The summed E-state index contributed by atoms with van der Waals surface area (Å²) < 4.78 is 0. The lowest BCUT2D eigenvalue weighted by molar-refractivity contribution is 0.165. The van der Waals surface area contributed by atoms with Gasteiger partial charge >= 0.3 is 0 Å². The zero-order chi connectivity index (χ0) is 13.2. The maximum absolute atomic E-state index is 10.1. The number of hydrogen-bond donors (Lipinski definition) is 3. The second kappa shape index (κ2) is 4.95. The minimum absolute atomic E-state index is 0.124. The molecule has 5 nitrogen and oxygen atoms in total. The van der Waals surface area contributed by atoms with Crippen molar-refractivity contribution in [3.05, 3.63) is 53.3 Å². The van der Waals surface area contributed by atoms with E-state index in [1.54, 1.807) is 12.3 Å². The summed E-state index contributed by atoms with van der Waals surface area (Å²) in [6.45, 7) is -0.124. The first-order valence-corrected chi connectivity index (χ1v) is 6.23. The molecule has 0 amide bonds. The second-order valence-corrected chi connectivity index (χ2v) is 4.62. The molecule has 0 spiro atoms. The Balaban J connectivity index is 1.87. The molecule has 19 heavy (non-hydrogen) atoms. The molecule has 1 aromatic heterocycles. The molecule has 1 heterocycles. The first-order chi connectivity index (χ1) is 9.28. The van der Waals surface area contributed by atoms with E-state index in [0.29, 0.717) is 18.1 Å². The molecule has 1 aliphatic rings. The summed E-state index contributed by atoms with van der Waals surface area (Å²) in [6, 6.07) is 9.40. The number of benzene rings is 1. The summed E-state index contributed by atoms with van der Waals surface area (Å²) in [7, 11) is 0. The van der Waals surface area contributed by atoms with Gasteiger partial charge in [0.15, 0.2) is 0 Å². The molecule has 0 bridgehead atoms. The third-order valence-electron chi connectivity index (χ3n) is 3.36. The summed E-state index contributed by atoms with van der Waals surface area (Å²) >= 11 is 0. The van der Waals surface area contributed by atoms with Gasteiger partial charge in [0.25, 0.3) is 0 Å². The average Bonchev–Trinajstić information content (AvgIpc) is 2.76. The molecule has 5 heteroatoms. The Morgan fingerprint density at radius 1 is 1.26 bits per heavy atom.